The number of likely N-dealkylation sites (N-methyl/N-ethyl adjacent to an activating group) is 1. The third-order valence-corrected chi connectivity index (χ3v) is 3.46. The molecule has 114 valence electrons. The molecule has 0 bridgehead atoms. The number of carbonyl (C=O) groups excluding carboxylic acids is 1. The smallest absolute Gasteiger partial charge is 0.239 e. The van der Waals surface area contributed by atoms with Gasteiger partial charge in [0.05, 0.1) is 0 Å². The zero-order valence-corrected chi connectivity index (χ0v) is 13.1. The number of amides is 1. The molecular formula is C17H25N3O. The standard InChI is InChI=1S/C17H25N3O/c1-4-19-17(21)12-20-9-8-15-14(6-5-7-16(15)20)11-18-10-13(2)3/h5-9,13,18H,4,10-12H2,1-3H3,(H,19,21). The Morgan fingerprint density at radius 1 is 1.29 bits per heavy atom. The maximum atomic E-state index is 11.7. The predicted octanol–water partition coefficient (Wildman–Crippen LogP) is 2.52. The average Bonchev–Trinajstić information content (AvgIpc) is 2.83. The molecule has 2 rings (SSSR count). The molecule has 21 heavy (non-hydrogen) atoms. The van der Waals surface area contributed by atoms with Crippen molar-refractivity contribution in [1.82, 2.24) is 15.2 Å². The maximum absolute atomic E-state index is 11.7. The van der Waals surface area contributed by atoms with E-state index in [9.17, 15) is 4.79 Å². The molecule has 0 unspecified atom stereocenters. The van der Waals surface area contributed by atoms with Gasteiger partial charge in [-0.25, -0.2) is 0 Å². The van der Waals surface area contributed by atoms with Gasteiger partial charge in [0.15, 0.2) is 0 Å². The molecule has 1 amide bonds. The summed E-state index contributed by atoms with van der Waals surface area (Å²) in [5.41, 5.74) is 2.40. The third kappa shape index (κ3) is 4.08. The fourth-order valence-corrected chi connectivity index (χ4v) is 2.48. The van der Waals surface area contributed by atoms with E-state index in [1.165, 1.54) is 10.9 Å². The summed E-state index contributed by atoms with van der Waals surface area (Å²) in [6.45, 7) is 9.26. The topological polar surface area (TPSA) is 46.1 Å². The van der Waals surface area contributed by atoms with Crippen LogP contribution in [0.4, 0.5) is 0 Å². The summed E-state index contributed by atoms with van der Waals surface area (Å²) in [6, 6.07) is 8.37. The second-order valence-electron chi connectivity index (χ2n) is 5.77. The normalized spacial score (nSPS) is 11.2. The highest BCUT2D eigenvalue weighted by Gasteiger charge is 2.08. The van der Waals surface area contributed by atoms with E-state index in [4.69, 9.17) is 0 Å². The Hall–Kier alpha value is -1.81. The van der Waals surface area contributed by atoms with Crippen molar-refractivity contribution >= 4 is 16.8 Å². The van der Waals surface area contributed by atoms with E-state index in [-0.39, 0.29) is 5.91 Å². The van der Waals surface area contributed by atoms with E-state index < -0.39 is 0 Å². The van der Waals surface area contributed by atoms with Crippen LogP contribution in [0.5, 0.6) is 0 Å². The molecule has 0 saturated carbocycles. The Balaban J connectivity index is 2.15. The summed E-state index contributed by atoms with van der Waals surface area (Å²) in [5.74, 6) is 0.699. The first-order valence-corrected chi connectivity index (χ1v) is 7.66. The van der Waals surface area contributed by atoms with Crippen LogP contribution in [-0.4, -0.2) is 23.6 Å². The molecule has 0 spiro atoms. The Morgan fingerprint density at radius 3 is 2.81 bits per heavy atom. The van der Waals surface area contributed by atoms with Crippen LogP contribution in [0, 0.1) is 5.92 Å². The lowest BCUT2D eigenvalue weighted by molar-refractivity contribution is -0.121. The van der Waals surface area contributed by atoms with Crippen LogP contribution >= 0.6 is 0 Å². The van der Waals surface area contributed by atoms with Gasteiger partial charge in [0.2, 0.25) is 5.91 Å². The Labute approximate surface area is 126 Å². The first kappa shape index (κ1) is 15.6. The SMILES string of the molecule is CCNC(=O)Cn1ccc2c(CNCC(C)C)cccc21. The number of nitrogens with one attached hydrogen (secondary N) is 2. The van der Waals surface area contributed by atoms with Gasteiger partial charge in [0, 0.05) is 30.2 Å². The molecule has 0 atom stereocenters. The fourth-order valence-electron chi connectivity index (χ4n) is 2.48. The average molecular weight is 287 g/mol. The van der Waals surface area contributed by atoms with Crippen LogP contribution in [0.15, 0.2) is 30.5 Å². The summed E-state index contributed by atoms with van der Waals surface area (Å²) in [5, 5.41) is 7.53. The molecule has 0 fully saturated rings. The predicted molar refractivity (Wildman–Crippen MR) is 87.2 cm³/mol. The van der Waals surface area contributed by atoms with Gasteiger partial charge in [-0.3, -0.25) is 4.79 Å². The van der Waals surface area contributed by atoms with E-state index in [2.05, 4.69) is 48.7 Å². The molecule has 1 aromatic carbocycles. The number of nitrogens with zero attached hydrogens (tertiary/aromatic N) is 1. The van der Waals surface area contributed by atoms with Gasteiger partial charge in [-0.15, -0.1) is 0 Å². The van der Waals surface area contributed by atoms with E-state index >= 15 is 0 Å². The first-order valence-electron chi connectivity index (χ1n) is 7.66. The molecule has 1 heterocycles. The van der Waals surface area contributed by atoms with Crippen LogP contribution in [0.1, 0.15) is 26.3 Å². The Morgan fingerprint density at radius 2 is 2.10 bits per heavy atom. The number of hydrogen-bond donors (Lipinski definition) is 2. The lowest BCUT2D eigenvalue weighted by Gasteiger charge is -2.09. The molecule has 0 aliphatic carbocycles. The van der Waals surface area contributed by atoms with Gasteiger partial charge < -0.3 is 15.2 Å². The summed E-state index contributed by atoms with van der Waals surface area (Å²) >= 11 is 0. The van der Waals surface area contributed by atoms with E-state index in [1.54, 1.807) is 0 Å². The third-order valence-electron chi connectivity index (χ3n) is 3.46. The zero-order valence-electron chi connectivity index (χ0n) is 13.1. The van der Waals surface area contributed by atoms with Crippen LogP contribution in [0.25, 0.3) is 10.9 Å². The number of fused-ring (bicyclic) bond motifs is 1. The lowest BCUT2D eigenvalue weighted by Crippen LogP contribution is -2.26. The van der Waals surface area contributed by atoms with Crippen molar-refractivity contribution in [3.05, 3.63) is 36.0 Å². The summed E-state index contributed by atoms with van der Waals surface area (Å²) in [4.78, 5) is 11.7. The quantitative estimate of drug-likeness (QED) is 0.822. The molecule has 0 aliphatic rings. The number of rotatable bonds is 7. The van der Waals surface area contributed by atoms with Crippen molar-refractivity contribution < 1.29 is 4.79 Å². The minimum Gasteiger partial charge on any atom is -0.355 e. The second kappa shape index (κ2) is 7.27. The molecule has 1 aromatic heterocycles. The summed E-state index contributed by atoms with van der Waals surface area (Å²) < 4.78 is 2.01. The number of benzene rings is 1. The highest BCUT2D eigenvalue weighted by atomic mass is 16.1. The monoisotopic (exact) mass is 287 g/mol. The molecule has 0 saturated heterocycles. The van der Waals surface area contributed by atoms with Crippen LogP contribution in [0.2, 0.25) is 0 Å². The molecule has 2 aromatic rings. The number of carbonyl (C=O) groups is 1. The maximum Gasteiger partial charge on any atom is 0.239 e. The summed E-state index contributed by atoms with van der Waals surface area (Å²) in [6.07, 6.45) is 1.99. The Bertz CT molecular complexity index is 601. The van der Waals surface area contributed by atoms with Crippen molar-refractivity contribution in [2.45, 2.75) is 33.9 Å². The fraction of sp³-hybridized carbons (Fsp3) is 0.471. The number of aromatic nitrogens is 1. The highest BCUT2D eigenvalue weighted by molar-refractivity contribution is 5.85. The van der Waals surface area contributed by atoms with Crippen molar-refractivity contribution in [1.29, 1.82) is 0 Å². The van der Waals surface area contributed by atoms with Crippen molar-refractivity contribution in [3.63, 3.8) is 0 Å². The van der Waals surface area contributed by atoms with Crippen molar-refractivity contribution in [3.8, 4) is 0 Å². The first-order chi connectivity index (χ1) is 10.1. The molecule has 0 aliphatic heterocycles. The minimum absolute atomic E-state index is 0.0540. The van der Waals surface area contributed by atoms with E-state index in [0.29, 0.717) is 19.0 Å². The van der Waals surface area contributed by atoms with Crippen molar-refractivity contribution in [2.24, 2.45) is 5.92 Å². The molecule has 0 radical (unpaired) electrons. The van der Waals surface area contributed by atoms with Gasteiger partial charge >= 0.3 is 0 Å². The van der Waals surface area contributed by atoms with E-state index in [0.717, 1.165) is 18.6 Å². The lowest BCUT2D eigenvalue weighted by atomic mass is 10.1. The van der Waals surface area contributed by atoms with Gasteiger partial charge in [-0.1, -0.05) is 26.0 Å². The van der Waals surface area contributed by atoms with Gasteiger partial charge in [-0.05, 0) is 37.1 Å². The molecule has 4 nitrogen and oxygen atoms in total. The number of hydrogen-bond acceptors (Lipinski definition) is 2. The van der Waals surface area contributed by atoms with Crippen LogP contribution in [-0.2, 0) is 17.9 Å². The van der Waals surface area contributed by atoms with Gasteiger partial charge in [-0.2, -0.15) is 0 Å². The highest BCUT2D eigenvalue weighted by Crippen LogP contribution is 2.20. The van der Waals surface area contributed by atoms with E-state index in [1.807, 2.05) is 17.7 Å². The van der Waals surface area contributed by atoms with Crippen molar-refractivity contribution in [2.75, 3.05) is 13.1 Å². The molecule has 4 heteroatoms. The Kier molecular flexibility index (Phi) is 5.39. The van der Waals surface area contributed by atoms with Crippen LogP contribution < -0.4 is 10.6 Å². The molecular weight excluding hydrogens is 262 g/mol. The molecule has 2 N–H and O–H groups in total. The van der Waals surface area contributed by atoms with Gasteiger partial charge in [0.25, 0.3) is 0 Å². The van der Waals surface area contributed by atoms with Gasteiger partial charge in [0.1, 0.15) is 6.54 Å². The largest absolute Gasteiger partial charge is 0.355 e. The summed E-state index contributed by atoms with van der Waals surface area (Å²) in [7, 11) is 0. The second-order valence-corrected chi connectivity index (χ2v) is 5.77. The van der Waals surface area contributed by atoms with Crippen LogP contribution in [0.3, 0.4) is 0 Å². The zero-order chi connectivity index (χ0) is 15.2. The minimum atomic E-state index is 0.0540.